The van der Waals surface area contributed by atoms with Crippen LogP contribution in [-0.2, 0) is 0 Å². The number of hydrogen-bond acceptors (Lipinski definition) is 1. The average molecular weight is 222 g/mol. The molecule has 4 rings (SSSR count). The van der Waals surface area contributed by atoms with Gasteiger partial charge in [-0.1, -0.05) is 0 Å². The Labute approximate surface area is 99.2 Å². The van der Waals surface area contributed by atoms with E-state index in [0.717, 1.165) is 18.8 Å². The molecule has 82 valence electrons. The van der Waals surface area contributed by atoms with Gasteiger partial charge in [0, 0.05) is 10.8 Å². The van der Waals surface area contributed by atoms with Gasteiger partial charge < -0.3 is 4.74 Å². The van der Waals surface area contributed by atoms with Crippen LogP contribution in [0.15, 0.2) is 30.6 Å². The highest BCUT2D eigenvalue weighted by Crippen LogP contribution is 2.18. The number of ether oxygens (including phenoxy) is 1. The van der Waals surface area contributed by atoms with Gasteiger partial charge in [-0.15, -0.1) is 0 Å². The van der Waals surface area contributed by atoms with Gasteiger partial charge in [0.25, 0.3) is 0 Å². The number of benzene rings is 1. The van der Waals surface area contributed by atoms with Crippen molar-refractivity contribution in [3.8, 4) is 5.75 Å². The molecule has 0 spiro atoms. The van der Waals surface area contributed by atoms with Crippen molar-refractivity contribution >= 4 is 18.2 Å². The van der Waals surface area contributed by atoms with E-state index in [1.165, 1.54) is 21.7 Å². The lowest BCUT2D eigenvalue weighted by molar-refractivity contribution is 0.470. The number of allylic oxidation sites excluding steroid dienone is 1. The topological polar surface area (TPSA) is 12.2 Å². The molecule has 0 aromatic heterocycles. The van der Waals surface area contributed by atoms with Crippen LogP contribution in [-0.4, -0.2) is 13.1 Å². The fourth-order valence-electron chi connectivity index (χ4n) is 2.72. The van der Waals surface area contributed by atoms with Gasteiger partial charge in [-0.3, -0.25) is 0 Å². The Bertz CT molecular complexity index is 716. The van der Waals surface area contributed by atoms with E-state index in [-0.39, 0.29) is 0 Å². The molecule has 0 aliphatic carbocycles. The van der Waals surface area contributed by atoms with Crippen LogP contribution in [0.4, 0.5) is 0 Å². The standard InChI is InChI=1S/C15H12NO/c1-4-11-10-12-5-3-9-17-15(12)13-6-2-8-16(7-1)14(11)13/h1-6,9-10H,7-8H2/q+1. The van der Waals surface area contributed by atoms with Crippen molar-refractivity contribution in [1.82, 2.24) is 4.58 Å². The molecule has 3 heterocycles. The van der Waals surface area contributed by atoms with Gasteiger partial charge in [0.15, 0.2) is 13.1 Å². The van der Waals surface area contributed by atoms with Gasteiger partial charge in [-0.2, -0.15) is 0 Å². The fraction of sp³-hybridized carbons (Fsp3) is 0.133. The molecule has 0 radical (unpaired) electrons. The summed E-state index contributed by atoms with van der Waals surface area (Å²) < 4.78 is 8.06. The van der Waals surface area contributed by atoms with E-state index in [2.05, 4.69) is 41.0 Å². The zero-order valence-electron chi connectivity index (χ0n) is 9.39. The summed E-state index contributed by atoms with van der Waals surface area (Å²) in [7, 11) is 0. The van der Waals surface area contributed by atoms with Gasteiger partial charge in [-0.25, -0.2) is 4.58 Å². The van der Waals surface area contributed by atoms with E-state index >= 15 is 0 Å². The lowest BCUT2D eigenvalue weighted by Crippen LogP contribution is -2.39. The zero-order chi connectivity index (χ0) is 11.2. The molecule has 1 aromatic rings. The second-order valence-corrected chi connectivity index (χ2v) is 4.47. The lowest BCUT2D eigenvalue weighted by Gasteiger charge is -2.15. The SMILES string of the molecule is C1=COc2c3c4c(cc2=C1)C=CC[N+]=4CC=C3. The van der Waals surface area contributed by atoms with Crippen molar-refractivity contribution in [2.75, 3.05) is 13.1 Å². The normalized spacial score (nSPS) is 18.2. The summed E-state index contributed by atoms with van der Waals surface area (Å²) in [4.78, 5) is 0. The first kappa shape index (κ1) is 8.99. The molecular weight excluding hydrogens is 210 g/mol. The molecule has 0 bridgehead atoms. The first-order valence-corrected chi connectivity index (χ1v) is 5.89. The molecular formula is C15H12NO+. The predicted octanol–water partition coefficient (Wildman–Crippen LogP) is 0.918. The highest BCUT2D eigenvalue weighted by molar-refractivity contribution is 5.67. The monoisotopic (exact) mass is 222 g/mol. The predicted molar refractivity (Wildman–Crippen MR) is 69.0 cm³/mol. The van der Waals surface area contributed by atoms with E-state index < -0.39 is 0 Å². The summed E-state index contributed by atoms with van der Waals surface area (Å²) >= 11 is 0. The number of nitrogens with zero attached hydrogens (tertiary/aromatic N) is 1. The molecule has 3 aliphatic rings. The van der Waals surface area contributed by atoms with Crippen LogP contribution in [0, 0.1) is 0 Å². The Hall–Kier alpha value is -2.09. The minimum absolute atomic E-state index is 0.988. The van der Waals surface area contributed by atoms with Crippen molar-refractivity contribution in [2.45, 2.75) is 0 Å². The van der Waals surface area contributed by atoms with Gasteiger partial charge in [-0.05, 0) is 42.5 Å². The Morgan fingerprint density at radius 1 is 1.12 bits per heavy atom. The van der Waals surface area contributed by atoms with Crippen LogP contribution in [0.2, 0.25) is 0 Å². The number of fused-ring (bicyclic) bond motifs is 2. The first-order valence-electron chi connectivity index (χ1n) is 5.89. The average Bonchev–Trinajstić information content (AvgIpc) is 2.39. The van der Waals surface area contributed by atoms with Gasteiger partial charge >= 0.3 is 0 Å². The van der Waals surface area contributed by atoms with Crippen molar-refractivity contribution < 1.29 is 4.74 Å². The van der Waals surface area contributed by atoms with Crippen LogP contribution < -0.4 is 19.9 Å². The van der Waals surface area contributed by atoms with E-state index in [1.807, 2.05) is 6.08 Å². The quantitative estimate of drug-likeness (QED) is 0.594. The third-order valence-corrected chi connectivity index (χ3v) is 3.44. The molecule has 1 aromatic carbocycles. The van der Waals surface area contributed by atoms with Crippen LogP contribution in [0.5, 0.6) is 5.75 Å². The van der Waals surface area contributed by atoms with Crippen molar-refractivity contribution in [1.29, 1.82) is 0 Å². The highest BCUT2D eigenvalue weighted by Gasteiger charge is 2.22. The van der Waals surface area contributed by atoms with Crippen molar-refractivity contribution in [2.24, 2.45) is 0 Å². The maximum atomic E-state index is 5.68. The Balaban J connectivity index is 2.23. The van der Waals surface area contributed by atoms with Gasteiger partial charge in [0.2, 0.25) is 5.36 Å². The molecule has 0 unspecified atom stereocenters. The van der Waals surface area contributed by atoms with Crippen LogP contribution in [0.25, 0.3) is 18.2 Å². The first-order chi connectivity index (χ1) is 8.43. The van der Waals surface area contributed by atoms with Crippen molar-refractivity contribution in [3.05, 3.63) is 52.3 Å². The fourth-order valence-corrected chi connectivity index (χ4v) is 2.72. The Morgan fingerprint density at radius 2 is 2.00 bits per heavy atom. The maximum absolute atomic E-state index is 5.68. The lowest BCUT2D eigenvalue weighted by atomic mass is 10.00. The molecule has 0 saturated carbocycles. The Morgan fingerprint density at radius 3 is 2.94 bits per heavy atom. The molecule has 2 nitrogen and oxygen atoms in total. The number of hydrogen-bond donors (Lipinski definition) is 0. The molecule has 0 N–H and O–H groups in total. The second kappa shape index (κ2) is 3.20. The van der Waals surface area contributed by atoms with E-state index in [1.54, 1.807) is 6.26 Å². The van der Waals surface area contributed by atoms with Crippen LogP contribution in [0.1, 0.15) is 11.1 Å². The van der Waals surface area contributed by atoms with Crippen LogP contribution >= 0.6 is 0 Å². The summed E-state index contributed by atoms with van der Waals surface area (Å²) in [6, 6.07) is 2.21. The third kappa shape index (κ3) is 1.18. The summed E-state index contributed by atoms with van der Waals surface area (Å²) in [5.74, 6) is 0.988. The van der Waals surface area contributed by atoms with Gasteiger partial charge in [0.1, 0.15) is 5.75 Å². The summed E-state index contributed by atoms with van der Waals surface area (Å²) in [5.41, 5.74) is 2.51. The summed E-state index contributed by atoms with van der Waals surface area (Å²) in [6.45, 7) is 1.98. The maximum Gasteiger partial charge on any atom is 0.218 e. The van der Waals surface area contributed by atoms with E-state index in [9.17, 15) is 0 Å². The summed E-state index contributed by atoms with van der Waals surface area (Å²) in [6.07, 6.45) is 14.6. The smallest absolute Gasteiger partial charge is 0.218 e. The Kier molecular flexibility index (Phi) is 1.69. The number of rotatable bonds is 0. The van der Waals surface area contributed by atoms with Gasteiger partial charge in [0.05, 0.1) is 11.8 Å². The second-order valence-electron chi connectivity index (χ2n) is 4.47. The molecule has 2 heteroatoms. The zero-order valence-corrected chi connectivity index (χ0v) is 9.39. The van der Waals surface area contributed by atoms with Crippen LogP contribution in [0.3, 0.4) is 0 Å². The summed E-state index contributed by atoms with van der Waals surface area (Å²) in [5, 5.41) is 2.48. The molecule has 0 atom stereocenters. The highest BCUT2D eigenvalue weighted by atomic mass is 16.5. The van der Waals surface area contributed by atoms with Crippen molar-refractivity contribution in [3.63, 3.8) is 0 Å². The molecule has 0 amide bonds. The molecule has 17 heavy (non-hydrogen) atoms. The van der Waals surface area contributed by atoms with E-state index in [0.29, 0.717) is 0 Å². The molecule has 0 fully saturated rings. The minimum atomic E-state index is 0.988. The van der Waals surface area contributed by atoms with E-state index in [4.69, 9.17) is 4.74 Å². The molecule has 3 aliphatic heterocycles. The minimum Gasteiger partial charge on any atom is -0.463 e. The molecule has 0 saturated heterocycles. The largest absolute Gasteiger partial charge is 0.463 e. The third-order valence-electron chi connectivity index (χ3n) is 3.44.